The lowest BCUT2D eigenvalue weighted by Crippen LogP contribution is -2.45. The van der Waals surface area contributed by atoms with E-state index in [-0.39, 0.29) is 52.8 Å². The maximum Gasteiger partial charge on any atom is 0.264 e. The Morgan fingerprint density at radius 2 is 1.74 bits per heavy atom. The van der Waals surface area contributed by atoms with Gasteiger partial charge < -0.3 is 19.3 Å². The molecule has 4 aromatic rings. The van der Waals surface area contributed by atoms with Gasteiger partial charge in [-0.05, 0) is 55.0 Å². The molecular formula is C34H40N6O5S2. The summed E-state index contributed by atoms with van der Waals surface area (Å²) < 4.78 is 41.8. The Hall–Kier alpha value is -4.07. The van der Waals surface area contributed by atoms with E-state index in [2.05, 4.69) is 45.3 Å². The fraction of sp³-hybridized carbons (Fsp3) is 0.412. The topological polar surface area (TPSA) is 127 Å². The highest BCUT2D eigenvalue weighted by Crippen LogP contribution is 2.33. The van der Waals surface area contributed by atoms with Gasteiger partial charge in [-0.15, -0.1) is 11.3 Å². The van der Waals surface area contributed by atoms with E-state index in [1.807, 2.05) is 38.2 Å². The van der Waals surface area contributed by atoms with Gasteiger partial charge in [-0.2, -0.15) is 4.98 Å². The molecule has 0 aliphatic carbocycles. The molecule has 248 valence electrons. The summed E-state index contributed by atoms with van der Waals surface area (Å²) in [7, 11) is -4.15. The summed E-state index contributed by atoms with van der Waals surface area (Å²) >= 11 is 1.55. The average Bonchev–Trinajstić information content (AvgIpc) is 3.50. The first-order valence-electron chi connectivity index (χ1n) is 15.7. The smallest absolute Gasteiger partial charge is 0.264 e. The first-order valence-corrected chi connectivity index (χ1v) is 18.0. The minimum Gasteiger partial charge on any atom is -0.475 e. The normalized spacial score (nSPS) is 18.4. The van der Waals surface area contributed by atoms with Crippen LogP contribution in [0.2, 0.25) is 0 Å². The second-order valence-corrected chi connectivity index (χ2v) is 16.0. The van der Waals surface area contributed by atoms with Crippen molar-refractivity contribution in [2.45, 2.75) is 58.5 Å². The quantitative estimate of drug-likeness (QED) is 0.284. The lowest BCUT2D eigenvalue weighted by molar-refractivity contribution is 0.0516. The predicted octanol–water partition coefficient (Wildman–Crippen LogP) is 5.69. The third-order valence-electron chi connectivity index (χ3n) is 8.18. The summed E-state index contributed by atoms with van der Waals surface area (Å²) in [6, 6.07) is 13.4. The number of morpholine rings is 1. The van der Waals surface area contributed by atoms with Gasteiger partial charge in [-0.25, -0.2) is 23.1 Å². The Bertz CT molecular complexity index is 1860. The number of benzene rings is 2. The number of hydrogen-bond acceptors (Lipinski definition) is 10. The van der Waals surface area contributed by atoms with Crippen LogP contribution in [0, 0.1) is 19.3 Å². The van der Waals surface area contributed by atoms with Crippen molar-refractivity contribution in [1.82, 2.24) is 19.9 Å². The number of nitrogens with one attached hydrogen (secondary N) is 1. The molecule has 0 radical (unpaired) electrons. The first-order chi connectivity index (χ1) is 22.4. The number of aryl methyl sites for hydroxylation is 2. The van der Waals surface area contributed by atoms with Crippen LogP contribution in [-0.2, 0) is 21.3 Å². The Morgan fingerprint density at radius 1 is 1.02 bits per heavy atom. The minimum absolute atomic E-state index is 0.0640. The van der Waals surface area contributed by atoms with E-state index in [9.17, 15) is 13.2 Å². The number of fused-ring (bicyclic) bond motifs is 4. The van der Waals surface area contributed by atoms with Crippen LogP contribution >= 0.6 is 11.3 Å². The molecule has 4 bridgehead atoms. The number of carbonyl (C=O) groups excluding carboxylic acids is 1. The summed E-state index contributed by atoms with van der Waals surface area (Å²) in [6.45, 7) is 13.6. The molecule has 13 heteroatoms. The molecule has 4 heterocycles. The van der Waals surface area contributed by atoms with Crippen molar-refractivity contribution in [2.75, 3.05) is 42.5 Å². The number of anilines is 2. The van der Waals surface area contributed by atoms with Crippen molar-refractivity contribution < 1.29 is 22.7 Å². The van der Waals surface area contributed by atoms with Gasteiger partial charge in [-0.3, -0.25) is 4.79 Å². The Labute approximate surface area is 280 Å². The van der Waals surface area contributed by atoms with Gasteiger partial charge in [0.2, 0.25) is 11.8 Å². The van der Waals surface area contributed by atoms with Gasteiger partial charge in [0, 0.05) is 41.4 Å². The summed E-state index contributed by atoms with van der Waals surface area (Å²) in [5, 5.41) is 0.886. The Kier molecular flexibility index (Phi) is 9.23. The SMILES string of the molecule is Cc1cccc(C)c1-c1cc2nc(n1)NS(=O)(=O)c1cccc(c1)C(=O)N(Cc1cnc(N3CCOCC3)s1)[C@H](CC(C)(C)C)CO2. The number of nitrogens with zero attached hydrogens (tertiary/aromatic N) is 5. The second kappa shape index (κ2) is 13.2. The predicted molar refractivity (Wildman–Crippen MR) is 183 cm³/mol. The zero-order valence-electron chi connectivity index (χ0n) is 27.3. The van der Waals surface area contributed by atoms with Crippen LogP contribution in [0.1, 0.15) is 53.6 Å². The third kappa shape index (κ3) is 7.58. The highest BCUT2D eigenvalue weighted by Gasteiger charge is 2.32. The van der Waals surface area contributed by atoms with E-state index in [0.717, 1.165) is 39.8 Å². The van der Waals surface area contributed by atoms with Crippen molar-refractivity contribution in [3.63, 3.8) is 0 Å². The summed E-state index contributed by atoms with van der Waals surface area (Å²) in [5.41, 5.74) is 3.46. The van der Waals surface area contributed by atoms with E-state index >= 15 is 0 Å². The van der Waals surface area contributed by atoms with Crippen molar-refractivity contribution in [3.8, 4) is 17.1 Å². The molecule has 0 spiro atoms. The minimum atomic E-state index is -4.15. The van der Waals surface area contributed by atoms with Crippen LogP contribution in [-0.4, -0.2) is 73.1 Å². The van der Waals surface area contributed by atoms with E-state index in [1.165, 1.54) is 12.1 Å². The zero-order valence-corrected chi connectivity index (χ0v) is 29.0. The van der Waals surface area contributed by atoms with Gasteiger partial charge in [0.25, 0.3) is 15.9 Å². The molecule has 11 nitrogen and oxygen atoms in total. The number of carbonyl (C=O) groups is 1. The molecular weight excluding hydrogens is 637 g/mol. The highest BCUT2D eigenvalue weighted by atomic mass is 32.2. The highest BCUT2D eigenvalue weighted by molar-refractivity contribution is 7.92. The largest absolute Gasteiger partial charge is 0.475 e. The van der Waals surface area contributed by atoms with E-state index < -0.39 is 10.0 Å². The molecule has 0 unspecified atom stereocenters. The Balaban J connectivity index is 1.45. The van der Waals surface area contributed by atoms with Crippen LogP contribution < -0.4 is 14.4 Å². The Morgan fingerprint density at radius 3 is 2.47 bits per heavy atom. The fourth-order valence-corrected chi connectivity index (χ4v) is 7.94. The molecule has 1 atom stereocenters. The monoisotopic (exact) mass is 676 g/mol. The maximum atomic E-state index is 14.4. The number of rotatable bonds is 5. The fourth-order valence-electron chi connectivity index (χ4n) is 5.99. The maximum absolute atomic E-state index is 14.4. The molecule has 2 aliphatic rings. The number of amides is 1. The molecule has 2 aliphatic heterocycles. The zero-order chi connectivity index (χ0) is 33.3. The summed E-state index contributed by atoms with van der Waals surface area (Å²) in [4.78, 5) is 33.0. The van der Waals surface area contributed by atoms with E-state index in [0.29, 0.717) is 25.3 Å². The number of sulfonamides is 1. The molecule has 6 rings (SSSR count). The van der Waals surface area contributed by atoms with Gasteiger partial charge in [0.1, 0.15) is 6.61 Å². The molecule has 1 amide bonds. The summed E-state index contributed by atoms with van der Waals surface area (Å²) in [5.74, 6) is -0.199. The van der Waals surface area contributed by atoms with Gasteiger partial charge >= 0.3 is 0 Å². The van der Waals surface area contributed by atoms with Crippen LogP contribution in [0.4, 0.5) is 11.1 Å². The van der Waals surface area contributed by atoms with Crippen molar-refractivity contribution >= 4 is 38.3 Å². The molecule has 2 aromatic heterocycles. The molecule has 47 heavy (non-hydrogen) atoms. The third-order valence-corrected chi connectivity index (χ3v) is 10.5. The number of ether oxygens (including phenoxy) is 2. The lowest BCUT2D eigenvalue weighted by Gasteiger charge is -2.35. The number of thiazole rings is 1. The van der Waals surface area contributed by atoms with Gasteiger partial charge in [0.05, 0.1) is 36.4 Å². The van der Waals surface area contributed by atoms with Crippen LogP contribution in [0.5, 0.6) is 5.88 Å². The average molecular weight is 677 g/mol. The standard InChI is InChI=1S/C34H40N6O5S2/c1-22-8-6-9-23(2)30(22)28-17-29-37-32(36-28)38-47(42,43)27-11-7-10-24(16-27)31(41)40(25(21-45-29)18-34(3,4)5)20-26-19-35-33(46-26)39-12-14-44-15-13-39/h6-11,16-17,19,25H,12-15,18,20-21H2,1-5H3,(H,36,37,38)/t25-/m1/s1. The summed E-state index contributed by atoms with van der Waals surface area (Å²) in [6.07, 6.45) is 2.43. The molecule has 2 aromatic carbocycles. The molecule has 1 N–H and O–H groups in total. The second-order valence-electron chi connectivity index (χ2n) is 13.2. The van der Waals surface area contributed by atoms with Crippen LogP contribution in [0.25, 0.3) is 11.3 Å². The van der Waals surface area contributed by atoms with Crippen molar-refractivity contribution in [2.24, 2.45) is 5.41 Å². The van der Waals surface area contributed by atoms with E-state index in [1.54, 1.807) is 34.4 Å². The number of hydrogen-bond donors (Lipinski definition) is 1. The molecule has 1 saturated heterocycles. The van der Waals surface area contributed by atoms with Crippen LogP contribution in [0.3, 0.4) is 0 Å². The van der Waals surface area contributed by atoms with Gasteiger partial charge in [-0.1, -0.05) is 45.0 Å². The first kappa shape index (κ1) is 32.9. The van der Waals surface area contributed by atoms with Crippen molar-refractivity contribution in [3.05, 3.63) is 76.3 Å². The number of aromatic nitrogens is 3. The van der Waals surface area contributed by atoms with Crippen molar-refractivity contribution in [1.29, 1.82) is 0 Å². The van der Waals surface area contributed by atoms with Crippen LogP contribution in [0.15, 0.2) is 59.6 Å². The van der Waals surface area contributed by atoms with Gasteiger partial charge in [0.15, 0.2) is 5.13 Å². The molecule has 0 saturated carbocycles. The lowest BCUT2D eigenvalue weighted by atomic mass is 9.87. The molecule has 1 fully saturated rings. The van der Waals surface area contributed by atoms with E-state index in [4.69, 9.17) is 9.47 Å².